The van der Waals surface area contributed by atoms with E-state index in [0.717, 1.165) is 5.71 Å². The van der Waals surface area contributed by atoms with Crippen LogP contribution in [-0.2, 0) is 4.74 Å². The molecule has 0 aromatic rings. The molecule has 0 aromatic heterocycles. The van der Waals surface area contributed by atoms with Crippen LogP contribution in [-0.4, -0.2) is 29.8 Å². The molecule has 0 bridgehead atoms. The van der Waals surface area contributed by atoms with Gasteiger partial charge in [0.15, 0.2) is 5.72 Å². The Morgan fingerprint density at radius 3 is 2.78 bits per heavy atom. The smallest absolute Gasteiger partial charge is 0.179 e. The lowest BCUT2D eigenvalue weighted by atomic mass is 10.3. The summed E-state index contributed by atoms with van der Waals surface area (Å²) in [6.07, 6.45) is 0. The molecule has 0 saturated heterocycles. The van der Waals surface area contributed by atoms with Crippen LogP contribution >= 0.6 is 0 Å². The third kappa shape index (κ3) is 1.28. The predicted molar refractivity (Wildman–Crippen MR) is 34.6 cm³/mol. The largest absolute Gasteiger partial charge is 0.391 e. The van der Waals surface area contributed by atoms with Crippen LogP contribution in [0.25, 0.3) is 0 Å². The van der Waals surface area contributed by atoms with Crippen LogP contribution in [0.1, 0.15) is 13.8 Å². The highest BCUT2D eigenvalue weighted by Crippen LogP contribution is 2.17. The lowest BCUT2D eigenvalue weighted by molar-refractivity contribution is -0.0276. The first-order valence-electron chi connectivity index (χ1n) is 2.96. The number of aliphatic hydroxyl groups excluding tert-OH is 1. The summed E-state index contributed by atoms with van der Waals surface area (Å²) in [5.41, 5.74) is 0.302. The average molecular weight is 129 g/mol. The zero-order valence-corrected chi connectivity index (χ0v) is 5.72. The summed E-state index contributed by atoms with van der Waals surface area (Å²) in [7, 11) is 0. The monoisotopic (exact) mass is 129 g/mol. The number of ether oxygens (including phenoxy) is 1. The van der Waals surface area contributed by atoms with E-state index >= 15 is 0 Å². The van der Waals surface area contributed by atoms with Gasteiger partial charge in [0.1, 0.15) is 0 Å². The molecule has 1 rings (SSSR count). The Kier molecular flexibility index (Phi) is 1.55. The van der Waals surface area contributed by atoms with E-state index in [0.29, 0.717) is 6.61 Å². The topological polar surface area (TPSA) is 41.8 Å². The van der Waals surface area contributed by atoms with Crippen molar-refractivity contribution in [1.29, 1.82) is 0 Å². The zero-order valence-electron chi connectivity index (χ0n) is 5.72. The maximum absolute atomic E-state index is 8.71. The average Bonchev–Trinajstić information content (AvgIpc) is 2.13. The van der Waals surface area contributed by atoms with Crippen molar-refractivity contribution >= 4 is 5.71 Å². The van der Waals surface area contributed by atoms with Gasteiger partial charge in [-0.05, 0) is 13.8 Å². The molecular formula is C6H11NO2. The highest BCUT2D eigenvalue weighted by atomic mass is 16.5. The van der Waals surface area contributed by atoms with Crippen molar-refractivity contribution in [1.82, 2.24) is 0 Å². The number of aliphatic imine (C=N–C) groups is 1. The SMILES string of the molecule is CC1=NC(C)(CO)OC1. The van der Waals surface area contributed by atoms with E-state index < -0.39 is 5.72 Å². The second-order valence-electron chi connectivity index (χ2n) is 2.47. The molecule has 1 atom stereocenters. The highest BCUT2D eigenvalue weighted by molar-refractivity contribution is 5.84. The molecule has 0 spiro atoms. The Bertz CT molecular complexity index is 144. The fraction of sp³-hybridized carbons (Fsp3) is 0.833. The van der Waals surface area contributed by atoms with Gasteiger partial charge in [-0.25, -0.2) is 0 Å². The van der Waals surface area contributed by atoms with E-state index in [1.807, 2.05) is 6.92 Å². The molecule has 0 aliphatic carbocycles. The molecule has 0 amide bonds. The Labute approximate surface area is 54.4 Å². The molecule has 0 fully saturated rings. The predicted octanol–water partition coefficient (Wildman–Crippen LogP) is 0.186. The molecule has 0 aromatic carbocycles. The van der Waals surface area contributed by atoms with Crippen molar-refractivity contribution in [3.63, 3.8) is 0 Å². The standard InChI is InChI=1S/C6H11NO2/c1-5-3-9-6(2,4-8)7-5/h8H,3-4H2,1-2H3. The summed E-state index contributed by atoms with van der Waals surface area (Å²) in [6, 6.07) is 0. The maximum atomic E-state index is 8.71. The first-order chi connectivity index (χ1) is 4.16. The van der Waals surface area contributed by atoms with E-state index in [2.05, 4.69) is 4.99 Å². The Morgan fingerprint density at radius 1 is 1.89 bits per heavy atom. The molecule has 9 heavy (non-hydrogen) atoms. The van der Waals surface area contributed by atoms with Crippen LogP contribution in [0, 0.1) is 0 Å². The van der Waals surface area contributed by atoms with Crippen LogP contribution in [0.15, 0.2) is 4.99 Å². The molecule has 1 unspecified atom stereocenters. The van der Waals surface area contributed by atoms with Gasteiger partial charge in [-0.2, -0.15) is 0 Å². The van der Waals surface area contributed by atoms with Crippen molar-refractivity contribution in [2.75, 3.05) is 13.2 Å². The van der Waals surface area contributed by atoms with Gasteiger partial charge in [0.2, 0.25) is 0 Å². The summed E-state index contributed by atoms with van der Waals surface area (Å²) < 4.78 is 5.15. The van der Waals surface area contributed by atoms with Gasteiger partial charge in [0.25, 0.3) is 0 Å². The van der Waals surface area contributed by atoms with Gasteiger partial charge in [-0.1, -0.05) is 0 Å². The first kappa shape index (κ1) is 6.71. The summed E-state index contributed by atoms with van der Waals surface area (Å²) in [5, 5.41) is 8.71. The van der Waals surface area contributed by atoms with Crippen LogP contribution in [0.3, 0.4) is 0 Å². The van der Waals surface area contributed by atoms with Gasteiger partial charge in [0.05, 0.1) is 13.2 Å². The third-order valence-electron chi connectivity index (χ3n) is 1.31. The number of hydrogen-bond acceptors (Lipinski definition) is 3. The Hall–Kier alpha value is -0.410. The zero-order chi connectivity index (χ0) is 6.91. The summed E-state index contributed by atoms with van der Waals surface area (Å²) in [5.74, 6) is 0. The molecule has 1 heterocycles. The quantitative estimate of drug-likeness (QED) is 0.549. The van der Waals surface area contributed by atoms with Gasteiger partial charge < -0.3 is 9.84 Å². The van der Waals surface area contributed by atoms with E-state index in [1.54, 1.807) is 6.92 Å². The molecule has 3 nitrogen and oxygen atoms in total. The van der Waals surface area contributed by atoms with Crippen LogP contribution in [0.5, 0.6) is 0 Å². The van der Waals surface area contributed by atoms with Crippen molar-refractivity contribution in [2.45, 2.75) is 19.6 Å². The minimum absolute atomic E-state index is 0.0374. The van der Waals surface area contributed by atoms with Crippen molar-refractivity contribution in [2.24, 2.45) is 4.99 Å². The number of rotatable bonds is 1. The maximum Gasteiger partial charge on any atom is 0.179 e. The molecule has 0 radical (unpaired) electrons. The second-order valence-corrected chi connectivity index (χ2v) is 2.47. The van der Waals surface area contributed by atoms with Crippen molar-refractivity contribution < 1.29 is 9.84 Å². The molecular weight excluding hydrogens is 118 g/mol. The Balaban J connectivity index is 2.64. The molecule has 0 saturated carbocycles. The summed E-state index contributed by atoms with van der Waals surface area (Å²) in [4.78, 5) is 4.08. The fourth-order valence-corrected chi connectivity index (χ4v) is 0.809. The van der Waals surface area contributed by atoms with Gasteiger partial charge in [-0.15, -0.1) is 0 Å². The summed E-state index contributed by atoms with van der Waals surface area (Å²) in [6.45, 7) is 4.17. The second kappa shape index (κ2) is 2.08. The van der Waals surface area contributed by atoms with Crippen molar-refractivity contribution in [3.05, 3.63) is 0 Å². The van der Waals surface area contributed by atoms with Gasteiger partial charge in [-0.3, -0.25) is 4.99 Å². The minimum Gasteiger partial charge on any atom is -0.391 e. The summed E-state index contributed by atoms with van der Waals surface area (Å²) >= 11 is 0. The third-order valence-corrected chi connectivity index (χ3v) is 1.31. The molecule has 1 aliphatic heterocycles. The van der Waals surface area contributed by atoms with Crippen LogP contribution < -0.4 is 0 Å². The molecule has 1 N–H and O–H groups in total. The van der Waals surface area contributed by atoms with Gasteiger partial charge in [0, 0.05) is 5.71 Å². The van der Waals surface area contributed by atoms with Gasteiger partial charge >= 0.3 is 0 Å². The van der Waals surface area contributed by atoms with E-state index in [9.17, 15) is 0 Å². The normalized spacial score (nSPS) is 34.8. The lowest BCUT2D eigenvalue weighted by Crippen LogP contribution is -2.26. The minimum atomic E-state index is -0.649. The van der Waals surface area contributed by atoms with E-state index in [4.69, 9.17) is 9.84 Å². The lowest BCUT2D eigenvalue weighted by Gasteiger charge is -2.15. The fourth-order valence-electron chi connectivity index (χ4n) is 0.809. The number of hydrogen-bond donors (Lipinski definition) is 1. The molecule has 1 aliphatic rings. The molecule has 3 heteroatoms. The van der Waals surface area contributed by atoms with E-state index in [-0.39, 0.29) is 6.61 Å². The number of nitrogens with zero attached hydrogens (tertiary/aromatic N) is 1. The number of aliphatic hydroxyl groups is 1. The van der Waals surface area contributed by atoms with E-state index in [1.165, 1.54) is 0 Å². The highest BCUT2D eigenvalue weighted by Gasteiger charge is 2.27. The van der Waals surface area contributed by atoms with Crippen LogP contribution in [0.2, 0.25) is 0 Å². The van der Waals surface area contributed by atoms with Crippen molar-refractivity contribution in [3.8, 4) is 0 Å². The Morgan fingerprint density at radius 2 is 2.56 bits per heavy atom. The van der Waals surface area contributed by atoms with Crippen LogP contribution in [0.4, 0.5) is 0 Å². The first-order valence-corrected chi connectivity index (χ1v) is 2.96. The molecule has 52 valence electrons.